The van der Waals surface area contributed by atoms with Gasteiger partial charge in [-0.15, -0.1) is 0 Å². The van der Waals surface area contributed by atoms with E-state index < -0.39 is 17.8 Å². The van der Waals surface area contributed by atoms with Crippen molar-refractivity contribution in [3.63, 3.8) is 0 Å². The van der Waals surface area contributed by atoms with Gasteiger partial charge in [-0.25, -0.2) is 9.78 Å². The van der Waals surface area contributed by atoms with Gasteiger partial charge >= 0.3 is 12.1 Å². The largest absolute Gasteiger partial charge is 0.478 e. The van der Waals surface area contributed by atoms with Gasteiger partial charge < -0.3 is 9.67 Å². The lowest BCUT2D eigenvalue weighted by Gasteiger charge is -2.11. The molecule has 21 heavy (non-hydrogen) atoms. The number of imidazole rings is 1. The summed E-state index contributed by atoms with van der Waals surface area (Å²) in [6.45, 7) is 3.49. The lowest BCUT2D eigenvalue weighted by Crippen LogP contribution is -2.05. The highest BCUT2D eigenvalue weighted by Gasteiger charge is 2.35. The standard InChI is InChI=1S/C14H13F3N2O2/c1-8(2)19-7-11(14(15,16)17)18-12(19)9-3-5-10(6-4-9)13(20)21/h3-8H,1-2H3,(H,20,21). The van der Waals surface area contributed by atoms with Crippen molar-refractivity contribution in [2.24, 2.45) is 0 Å². The highest BCUT2D eigenvalue weighted by molar-refractivity contribution is 5.88. The zero-order valence-electron chi connectivity index (χ0n) is 11.3. The summed E-state index contributed by atoms with van der Waals surface area (Å²) >= 11 is 0. The fourth-order valence-corrected chi connectivity index (χ4v) is 1.90. The average Bonchev–Trinajstić information content (AvgIpc) is 2.83. The van der Waals surface area contributed by atoms with Crippen molar-refractivity contribution < 1.29 is 23.1 Å². The molecule has 4 nitrogen and oxygen atoms in total. The predicted molar refractivity (Wildman–Crippen MR) is 70.0 cm³/mol. The molecule has 0 aliphatic rings. The number of hydrogen-bond donors (Lipinski definition) is 1. The van der Waals surface area contributed by atoms with E-state index in [0.29, 0.717) is 5.56 Å². The molecule has 112 valence electrons. The molecule has 0 aliphatic carbocycles. The molecule has 2 rings (SSSR count). The Morgan fingerprint density at radius 1 is 1.24 bits per heavy atom. The van der Waals surface area contributed by atoms with Crippen LogP contribution in [0.2, 0.25) is 0 Å². The first kappa shape index (κ1) is 15.1. The zero-order valence-corrected chi connectivity index (χ0v) is 11.3. The summed E-state index contributed by atoms with van der Waals surface area (Å²) in [5.74, 6) is -0.931. The number of carbonyl (C=O) groups is 1. The molecule has 0 fully saturated rings. The summed E-state index contributed by atoms with van der Waals surface area (Å²) in [4.78, 5) is 14.4. The van der Waals surface area contributed by atoms with Crippen molar-refractivity contribution in [1.82, 2.24) is 9.55 Å². The molecule has 0 atom stereocenters. The molecular weight excluding hydrogens is 285 g/mol. The number of rotatable bonds is 3. The minimum absolute atomic E-state index is 0.0671. The van der Waals surface area contributed by atoms with Gasteiger partial charge in [-0.05, 0) is 26.0 Å². The Bertz CT molecular complexity index is 658. The van der Waals surface area contributed by atoms with Crippen LogP contribution in [0.15, 0.2) is 30.5 Å². The van der Waals surface area contributed by atoms with Crippen LogP contribution in [0.25, 0.3) is 11.4 Å². The molecule has 1 heterocycles. The van der Waals surface area contributed by atoms with E-state index in [1.54, 1.807) is 13.8 Å². The summed E-state index contributed by atoms with van der Waals surface area (Å²) < 4.78 is 39.7. The van der Waals surface area contributed by atoms with Gasteiger partial charge in [-0.2, -0.15) is 13.2 Å². The number of hydrogen-bond acceptors (Lipinski definition) is 2. The zero-order chi connectivity index (χ0) is 15.8. The number of nitrogens with zero attached hydrogens (tertiary/aromatic N) is 2. The maximum absolute atomic E-state index is 12.8. The first-order valence-electron chi connectivity index (χ1n) is 6.20. The van der Waals surface area contributed by atoms with Gasteiger partial charge in [0.2, 0.25) is 0 Å². The number of alkyl halides is 3. The van der Waals surface area contributed by atoms with Crippen molar-refractivity contribution in [2.75, 3.05) is 0 Å². The average molecular weight is 298 g/mol. The second kappa shape index (κ2) is 5.23. The maximum atomic E-state index is 12.8. The lowest BCUT2D eigenvalue weighted by molar-refractivity contribution is -0.140. The molecule has 0 unspecified atom stereocenters. The lowest BCUT2D eigenvalue weighted by atomic mass is 10.1. The second-order valence-electron chi connectivity index (χ2n) is 4.83. The van der Waals surface area contributed by atoms with Crippen LogP contribution in [0.1, 0.15) is 35.9 Å². The van der Waals surface area contributed by atoms with Gasteiger partial charge in [0.15, 0.2) is 5.69 Å². The molecule has 2 aromatic rings. The fraction of sp³-hybridized carbons (Fsp3) is 0.286. The van der Waals surface area contributed by atoms with Crippen LogP contribution in [-0.2, 0) is 6.18 Å². The van der Waals surface area contributed by atoms with E-state index in [2.05, 4.69) is 4.98 Å². The van der Waals surface area contributed by atoms with Gasteiger partial charge in [0, 0.05) is 17.8 Å². The highest BCUT2D eigenvalue weighted by atomic mass is 19.4. The van der Waals surface area contributed by atoms with Crippen LogP contribution < -0.4 is 0 Å². The van der Waals surface area contributed by atoms with E-state index in [4.69, 9.17) is 5.11 Å². The van der Waals surface area contributed by atoms with E-state index in [9.17, 15) is 18.0 Å². The van der Waals surface area contributed by atoms with Crippen molar-refractivity contribution >= 4 is 5.97 Å². The summed E-state index contributed by atoms with van der Waals surface area (Å²) in [5, 5.41) is 8.83. The monoisotopic (exact) mass is 298 g/mol. The first-order valence-corrected chi connectivity index (χ1v) is 6.20. The number of aromatic carboxylic acids is 1. The Hall–Kier alpha value is -2.31. The molecular formula is C14H13F3N2O2. The summed E-state index contributed by atoms with van der Waals surface area (Å²) in [5.41, 5.74) is -0.463. The molecule has 0 radical (unpaired) electrons. The van der Waals surface area contributed by atoms with E-state index in [1.807, 2.05) is 0 Å². The number of carboxylic acid groups (broad SMARTS) is 1. The molecule has 0 spiro atoms. The highest BCUT2D eigenvalue weighted by Crippen LogP contribution is 2.32. The molecule has 0 aliphatic heterocycles. The van der Waals surface area contributed by atoms with Crippen molar-refractivity contribution in [2.45, 2.75) is 26.1 Å². The number of carboxylic acids is 1. The first-order chi connectivity index (χ1) is 9.70. The van der Waals surface area contributed by atoms with Gasteiger partial charge in [0.25, 0.3) is 0 Å². The molecule has 1 aromatic heterocycles. The smallest absolute Gasteiger partial charge is 0.434 e. The third-order valence-electron chi connectivity index (χ3n) is 2.97. The van der Waals surface area contributed by atoms with Crippen molar-refractivity contribution in [3.05, 3.63) is 41.7 Å². The predicted octanol–water partition coefficient (Wildman–Crippen LogP) is 3.85. The normalized spacial score (nSPS) is 11.9. The Labute approximate surface area is 118 Å². The molecule has 0 saturated carbocycles. The molecule has 7 heteroatoms. The topological polar surface area (TPSA) is 55.1 Å². The van der Waals surface area contributed by atoms with Crippen LogP contribution in [-0.4, -0.2) is 20.6 Å². The number of aromatic nitrogens is 2. The maximum Gasteiger partial charge on any atom is 0.434 e. The van der Waals surface area contributed by atoms with Gasteiger partial charge in [0.05, 0.1) is 5.56 Å². The molecule has 0 bridgehead atoms. The Balaban J connectivity index is 2.51. The van der Waals surface area contributed by atoms with Gasteiger partial charge in [-0.1, -0.05) is 12.1 Å². The Morgan fingerprint density at radius 2 is 1.81 bits per heavy atom. The number of benzene rings is 1. The fourth-order valence-electron chi connectivity index (χ4n) is 1.90. The molecule has 0 amide bonds. The molecule has 0 saturated heterocycles. The van der Waals surface area contributed by atoms with Crippen molar-refractivity contribution in [3.8, 4) is 11.4 Å². The third kappa shape index (κ3) is 3.07. The van der Waals surface area contributed by atoms with Crippen LogP contribution in [0, 0.1) is 0 Å². The number of halogens is 3. The van der Waals surface area contributed by atoms with Gasteiger partial charge in [0.1, 0.15) is 5.82 Å². The third-order valence-corrected chi connectivity index (χ3v) is 2.97. The molecule has 1 N–H and O–H groups in total. The van der Waals surface area contributed by atoms with Crippen molar-refractivity contribution in [1.29, 1.82) is 0 Å². The minimum atomic E-state index is -4.52. The van der Waals surface area contributed by atoms with Crippen LogP contribution in [0.5, 0.6) is 0 Å². The Morgan fingerprint density at radius 3 is 2.24 bits per heavy atom. The molecule has 1 aromatic carbocycles. The van der Waals surface area contributed by atoms with Crippen LogP contribution in [0.3, 0.4) is 0 Å². The summed E-state index contributed by atoms with van der Waals surface area (Å²) in [6.07, 6.45) is -3.55. The quantitative estimate of drug-likeness (QED) is 0.936. The van der Waals surface area contributed by atoms with Crippen LogP contribution >= 0.6 is 0 Å². The van der Waals surface area contributed by atoms with E-state index >= 15 is 0 Å². The minimum Gasteiger partial charge on any atom is -0.478 e. The second-order valence-corrected chi connectivity index (χ2v) is 4.83. The van der Waals surface area contributed by atoms with E-state index in [0.717, 1.165) is 6.20 Å². The SMILES string of the molecule is CC(C)n1cc(C(F)(F)F)nc1-c1ccc(C(=O)O)cc1. The van der Waals surface area contributed by atoms with Gasteiger partial charge in [-0.3, -0.25) is 0 Å². The summed E-state index contributed by atoms with van der Waals surface area (Å²) in [6, 6.07) is 5.37. The Kier molecular flexibility index (Phi) is 3.76. The van der Waals surface area contributed by atoms with Crippen LogP contribution in [0.4, 0.5) is 13.2 Å². The summed E-state index contributed by atoms with van der Waals surface area (Å²) in [7, 11) is 0. The van der Waals surface area contributed by atoms with E-state index in [1.165, 1.54) is 28.8 Å². The van der Waals surface area contributed by atoms with E-state index in [-0.39, 0.29) is 17.4 Å².